The molecule has 0 aliphatic rings. The molecule has 0 nitrogen and oxygen atoms in total. The molecule has 0 aromatic heterocycles. The molecule has 8 rings (SSSR count). The van der Waals surface area contributed by atoms with Crippen molar-refractivity contribution >= 4 is 64.2 Å². The average molecular weight is 690 g/mol. The fourth-order valence-corrected chi connectivity index (χ4v) is 7.50. The molecular weight excluding hydrogens is 664 g/mol. The van der Waals surface area contributed by atoms with Gasteiger partial charge in [0.2, 0.25) is 0 Å². The topological polar surface area (TPSA) is 0 Å². The second-order valence-electron chi connectivity index (χ2n) is 11.1. The summed E-state index contributed by atoms with van der Waals surface area (Å²) in [7, 11) is 0. The first-order valence-electron chi connectivity index (χ1n) is 14.7. The largest absolute Gasteiger partial charge is 0.0622 e. The van der Waals surface area contributed by atoms with E-state index < -0.39 is 0 Å². The minimum Gasteiger partial charge on any atom is -0.0622 e. The van der Waals surface area contributed by atoms with E-state index in [9.17, 15) is 0 Å². The smallest absolute Gasteiger partial charge is 0.0181 e. The van der Waals surface area contributed by atoms with Crippen molar-refractivity contribution in [1.29, 1.82) is 0 Å². The highest BCUT2D eigenvalue weighted by Crippen LogP contribution is 2.54. The van der Waals surface area contributed by atoms with E-state index in [1.807, 2.05) is 0 Å². The molecule has 0 atom stereocenters. The Kier molecular flexibility index (Phi) is 6.90. The Morgan fingerprint density at radius 2 is 0.568 bits per heavy atom. The van der Waals surface area contributed by atoms with Gasteiger partial charge in [-0.25, -0.2) is 0 Å². The molecule has 208 valence electrons. The van der Waals surface area contributed by atoms with Gasteiger partial charge in [-0.3, -0.25) is 0 Å². The molecule has 0 heterocycles. The van der Waals surface area contributed by atoms with Crippen LogP contribution < -0.4 is 0 Å². The number of hydrogen-bond acceptors (Lipinski definition) is 0. The minimum absolute atomic E-state index is 1.07. The summed E-state index contributed by atoms with van der Waals surface area (Å²) in [5.41, 5.74) is 9.80. The standard InChI is InChI=1S/C42H26Br2/c43-31-21-23-33-35(25-31)36-26-32(44)22-24-34(36)42-40(30-19-11-4-12-20-30)38(28-15-7-2-8-16-28)37(27-13-5-1-6-14-27)39(41(33)42)29-17-9-3-10-18-29/h1-26H. The molecule has 0 aliphatic heterocycles. The van der Waals surface area contributed by atoms with Gasteiger partial charge in [0.15, 0.2) is 0 Å². The number of halogens is 2. The summed E-state index contributed by atoms with van der Waals surface area (Å²) in [5.74, 6) is 0. The van der Waals surface area contributed by atoms with Crippen LogP contribution in [-0.4, -0.2) is 0 Å². The molecular formula is C42H26Br2. The number of benzene rings is 8. The van der Waals surface area contributed by atoms with E-state index in [-0.39, 0.29) is 0 Å². The van der Waals surface area contributed by atoms with Crippen molar-refractivity contribution in [2.24, 2.45) is 0 Å². The van der Waals surface area contributed by atoms with Crippen LogP contribution >= 0.6 is 31.9 Å². The Hall–Kier alpha value is -4.50. The molecule has 44 heavy (non-hydrogen) atoms. The van der Waals surface area contributed by atoms with Gasteiger partial charge < -0.3 is 0 Å². The van der Waals surface area contributed by atoms with Crippen molar-refractivity contribution in [1.82, 2.24) is 0 Å². The summed E-state index contributed by atoms with van der Waals surface area (Å²) >= 11 is 7.59. The third-order valence-electron chi connectivity index (χ3n) is 8.54. The first kappa shape index (κ1) is 27.1. The van der Waals surface area contributed by atoms with Crippen molar-refractivity contribution in [2.75, 3.05) is 0 Å². The lowest BCUT2D eigenvalue weighted by molar-refractivity contribution is 1.57. The molecule has 0 saturated carbocycles. The number of rotatable bonds is 4. The van der Waals surface area contributed by atoms with Gasteiger partial charge in [-0.15, -0.1) is 0 Å². The maximum atomic E-state index is 3.80. The molecule has 0 saturated heterocycles. The zero-order chi connectivity index (χ0) is 29.6. The molecule has 0 spiro atoms. The molecule has 2 heteroatoms. The monoisotopic (exact) mass is 688 g/mol. The van der Waals surface area contributed by atoms with Gasteiger partial charge in [0.1, 0.15) is 0 Å². The summed E-state index contributed by atoms with van der Waals surface area (Å²) in [6.07, 6.45) is 0. The van der Waals surface area contributed by atoms with Gasteiger partial charge in [-0.1, -0.05) is 165 Å². The highest BCUT2D eigenvalue weighted by molar-refractivity contribution is 9.10. The Bertz CT molecular complexity index is 2140. The quantitative estimate of drug-likeness (QED) is 0.161. The van der Waals surface area contributed by atoms with Gasteiger partial charge in [-0.2, -0.15) is 0 Å². The van der Waals surface area contributed by atoms with Crippen LogP contribution in [0, 0.1) is 0 Å². The lowest BCUT2D eigenvalue weighted by Gasteiger charge is -2.26. The normalized spacial score (nSPS) is 11.4. The van der Waals surface area contributed by atoms with Crippen LogP contribution in [0.4, 0.5) is 0 Å². The first-order valence-corrected chi connectivity index (χ1v) is 16.3. The highest BCUT2D eigenvalue weighted by atomic mass is 79.9. The van der Waals surface area contributed by atoms with Crippen molar-refractivity contribution < 1.29 is 0 Å². The van der Waals surface area contributed by atoms with Gasteiger partial charge in [0.05, 0.1) is 0 Å². The van der Waals surface area contributed by atoms with Crippen LogP contribution in [0.1, 0.15) is 0 Å². The minimum atomic E-state index is 1.07. The van der Waals surface area contributed by atoms with Crippen LogP contribution in [0.3, 0.4) is 0 Å². The van der Waals surface area contributed by atoms with Crippen molar-refractivity contribution in [3.8, 4) is 44.5 Å². The van der Waals surface area contributed by atoms with Crippen LogP contribution in [0.2, 0.25) is 0 Å². The number of fused-ring (bicyclic) bond motifs is 6. The molecule has 0 radical (unpaired) electrons. The van der Waals surface area contributed by atoms with Crippen LogP contribution in [0.5, 0.6) is 0 Å². The maximum Gasteiger partial charge on any atom is 0.0181 e. The second-order valence-corrected chi connectivity index (χ2v) is 12.9. The van der Waals surface area contributed by atoms with Crippen molar-refractivity contribution in [2.45, 2.75) is 0 Å². The molecule has 8 aromatic rings. The fourth-order valence-electron chi connectivity index (χ4n) is 6.78. The Morgan fingerprint density at radius 1 is 0.273 bits per heavy atom. The average Bonchev–Trinajstić information content (AvgIpc) is 3.08. The zero-order valence-corrected chi connectivity index (χ0v) is 26.9. The van der Waals surface area contributed by atoms with Gasteiger partial charge in [-0.05, 0) is 101 Å². The predicted octanol–water partition coefficient (Wildman–Crippen LogP) is 13.3. The maximum absolute atomic E-state index is 3.80. The number of hydrogen-bond donors (Lipinski definition) is 0. The highest BCUT2D eigenvalue weighted by Gasteiger charge is 2.26. The van der Waals surface area contributed by atoms with Crippen molar-refractivity contribution in [3.05, 3.63) is 167 Å². The van der Waals surface area contributed by atoms with Gasteiger partial charge >= 0.3 is 0 Å². The van der Waals surface area contributed by atoms with Crippen LogP contribution in [0.25, 0.3) is 76.8 Å². The van der Waals surface area contributed by atoms with Crippen LogP contribution in [0.15, 0.2) is 167 Å². The zero-order valence-electron chi connectivity index (χ0n) is 23.8. The van der Waals surface area contributed by atoms with E-state index in [0.717, 1.165) is 8.95 Å². The van der Waals surface area contributed by atoms with Crippen LogP contribution in [-0.2, 0) is 0 Å². The summed E-state index contributed by atoms with van der Waals surface area (Å²) < 4.78 is 2.14. The molecule has 0 fully saturated rings. The molecule has 0 aliphatic carbocycles. The SMILES string of the molecule is Brc1ccc2c(c1)c1cc(Br)ccc1c1c(-c3ccccc3)c(-c3ccccc3)c(-c3ccccc3)c(-c3ccccc3)c21. The van der Waals surface area contributed by atoms with Gasteiger partial charge in [0.25, 0.3) is 0 Å². The summed E-state index contributed by atoms with van der Waals surface area (Å²) in [4.78, 5) is 0. The molecule has 0 N–H and O–H groups in total. The van der Waals surface area contributed by atoms with E-state index in [0.29, 0.717) is 0 Å². The lowest BCUT2D eigenvalue weighted by atomic mass is 9.76. The third-order valence-corrected chi connectivity index (χ3v) is 9.53. The second kappa shape index (κ2) is 11.2. The first-order chi connectivity index (χ1) is 21.7. The molecule has 0 amide bonds. The summed E-state index contributed by atoms with van der Waals surface area (Å²) in [5, 5.41) is 7.47. The molecule has 0 bridgehead atoms. The third kappa shape index (κ3) is 4.49. The summed E-state index contributed by atoms with van der Waals surface area (Å²) in [6.45, 7) is 0. The van der Waals surface area contributed by atoms with E-state index in [2.05, 4.69) is 190 Å². The predicted molar refractivity (Wildman–Crippen MR) is 196 cm³/mol. The lowest BCUT2D eigenvalue weighted by Crippen LogP contribution is -1.99. The van der Waals surface area contributed by atoms with E-state index in [4.69, 9.17) is 0 Å². The van der Waals surface area contributed by atoms with E-state index >= 15 is 0 Å². The summed E-state index contributed by atoms with van der Waals surface area (Å²) in [6, 6.07) is 57.2. The Balaban J connectivity index is 1.78. The Morgan fingerprint density at radius 3 is 0.886 bits per heavy atom. The van der Waals surface area contributed by atoms with E-state index in [1.54, 1.807) is 0 Å². The van der Waals surface area contributed by atoms with Crippen molar-refractivity contribution in [3.63, 3.8) is 0 Å². The fraction of sp³-hybridized carbons (Fsp3) is 0. The molecule has 0 unspecified atom stereocenters. The Labute approximate surface area is 273 Å². The van der Waals surface area contributed by atoms with E-state index in [1.165, 1.54) is 76.8 Å². The van der Waals surface area contributed by atoms with Gasteiger partial charge in [0, 0.05) is 8.95 Å². The molecule has 8 aromatic carbocycles.